The Kier molecular flexibility index (Phi) is 3.30. The van der Waals surface area contributed by atoms with Crippen molar-refractivity contribution in [2.45, 2.75) is 12.3 Å². The fraction of sp³-hybridized carbons (Fsp3) is 0.455. The van der Waals surface area contributed by atoms with E-state index in [9.17, 15) is 8.78 Å². The van der Waals surface area contributed by atoms with Gasteiger partial charge in [-0.25, -0.2) is 4.39 Å². The largest absolute Gasteiger partial charge is 0.493 e. The molecule has 0 radical (unpaired) electrons. The lowest BCUT2D eigenvalue weighted by Crippen LogP contribution is -2.10. The van der Waals surface area contributed by atoms with Crippen molar-refractivity contribution in [3.8, 4) is 5.75 Å². The quantitative estimate of drug-likeness (QED) is 0.812. The fourth-order valence-corrected chi connectivity index (χ4v) is 2.23. The Morgan fingerprint density at radius 1 is 1.44 bits per heavy atom. The highest BCUT2D eigenvalue weighted by Gasteiger charge is 2.25. The molecular weight excluding hydrogens is 236 g/mol. The van der Waals surface area contributed by atoms with Crippen molar-refractivity contribution in [3.05, 3.63) is 28.3 Å². The average Bonchev–Trinajstić information content (AvgIpc) is 2.79. The SMILES string of the molecule is COc1c(C2CCNC2)cc(Cl)c(F)c1F. The molecule has 0 bridgehead atoms. The smallest absolute Gasteiger partial charge is 0.202 e. The van der Waals surface area contributed by atoms with Gasteiger partial charge in [0.25, 0.3) is 0 Å². The summed E-state index contributed by atoms with van der Waals surface area (Å²) >= 11 is 5.64. The summed E-state index contributed by atoms with van der Waals surface area (Å²) in [6, 6.07) is 1.45. The van der Waals surface area contributed by atoms with Gasteiger partial charge < -0.3 is 10.1 Å². The first-order valence-corrected chi connectivity index (χ1v) is 5.45. The molecule has 1 aliphatic rings. The number of nitrogens with one attached hydrogen (secondary N) is 1. The Balaban J connectivity index is 2.50. The first kappa shape index (κ1) is 11.6. The first-order chi connectivity index (χ1) is 7.65. The van der Waals surface area contributed by atoms with Crippen molar-refractivity contribution in [1.82, 2.24) is 5.32 Å². The van der Waals surface area contributed by atoms with Crippen LogP contribution >= 0.6 is 11.6 Å². The van der Waals surface area contributed by atoms with Gasteiger partial charge in [0, 0.05) is 18.0 Å². The number of hydrogen-bond donors (Lipinski definition) is 1. The van der Waals surface area contributed by atoms with Gasteiger partial charge in [-0.3, -0.25) is 0 Å². The zero-order valence-electron chi connectivity index (χ0n) is 8.82. The molecule has 1 N–H and O–H groups in total. The Labute approximate surface area is 97.5 Å². The lowest BCUT2D eigenvalue weighted by molar-refractivity contribution is 0.364. The molecule has 5 heteroatoms. The van der Waals surface area contributed by atoms with Gasteiger partial charge >= 0.3 is 0 Å². The molecule has 1 aromatic carbocycles. The van der Waals surface area contributed by atoms with Crippen LogP contribution in [0.3, 0.4) is 0 Å². The third-order valence-corrected chi connectivity index (χ3v) is 3.13. The highest BCUT2D eigenvalue weighted by molar-refractivity contribution is 6.30. The molecule has 1 fully saturated rings. The molecule has 1 aliphatic heterocycles. The molecule has 2 rings (SSSR count). The molecule has 0 saturated carbocycles. The van der Waals surface area contributed by atoms with Gasteiger partial charge in [-0.2, -0.15) is 4.39 Å². The third-order valence-electron chi connectivity index (χ3n) is 2.85. The molecule has 0 spiro atoms. The van der Waals surface area contributed by atoms with Crippen molar-refractivity contribution in [2.24, 2.45) is 0 Å². The van der Waals surface area contributed by atoms with Crippen molar-refractivity contribution >= 4 is 11.6 Å². The van der Waals surface area contributed by atoms with E-state index in [1.54, 1.807) is 0 Å². The average molecular weight is 248 g/mol. The normalized spacial score (nSPS) is 20.1. The molecular formula is C11H12ClF2NO. The van der Waals surface area contributed by atoms with E-state index in [1.807, 2.05) is 0 Å². The molecule has 1 atom stereocenters. The predicted octanol–water partition coefficient (Wildman–Crippen LogP) is 2.70. The highest BCUT2D eigenvalue weighted by Crippen LogP contribution is 2.36. The van der Waals surface area contributed by atoms with Crippen LogP contribution in [0.4, 0.5) is 8.78 Å². The Morgan fingerprint density at radius 3 is 2.75 bits per heavy atom. The summed E-state index contributed by atoms with van der Waals surface area (Å²) in [7, 11) is 1.33. The van der Waals surface area contributed by atoms with Gasteiger partial charge in [0.05, 0.1) is 12.1 Å². The molecule has 1 heterocycles. The van der Waals surface area contributed by atoms with E-state index in [4.69, 9.17) is 16.3 Å². The number of methoxy groups -OCH3 is 1. The van der Waals surface area contributed by atoms with Crippen LogP contribution in [0.5, 0.6) is 5.75 Å². The van der Waals surface area contributed by atoms with Gasteiger partial charge in [-0.05, 0) is 19.0 Å². The van der Waals surface area contributed by atoms with Crippen LogP contribution in [-0.2, 0) is 0 Å². The molecule has 1 unspecified atom stereocenters. The second kappa shape index (κ2) is 4.55. The third kappa shape index (κ3) is 1.87. The van der Waals surface area contributed by atoms with Gasteiger partial charge in [-0.15, -0.1) is 0 Å². The van der Waals surface area contributed by atoms with E-state index in [2.05, 4.69) is 5.32 Å². The number of hydrogen-bond acceptors (Lipinski definition) is 2. The fourth-order valence-electron chi connectivity index (χ4n) is 2.03. The maximum atomic E-state index is 13.6. The Hall–Kier alpha value is -0.870. The van der Waals surface area contributed by atoms with E-state index < -0.39 is 11.6 Å². The maximum absolute atomic E-state index is 13.6. The van der Waals surface area contributed by atoms with E-state index in [0.29, 0.717) is 5.56 Å². The summed E-state index contributed by atoms with van der Waals surface area (Å²) in [6.07, 6.45) is 0.873. The second-order valence-electron chi connectivity index (χ2n) is 3.80. The summed E-state index contributed by atoms with van der Waals surface area (Å²) in [4.78, 5) is 0. The standard InChI is InChI=1S/C11H12ClF2NO/c1-16-11-7(6-2-3-15-5-6)4-8(12)9(13)10(11)14/h4,6,15H,2-3,5H2,1H3. The van der Waals surface area contributed by atoms with Crippen LogP contribution in [0.15, 0.2) is 6.07 Å². The molecule has 0 aliphatic carbocycles. The second-order valence-corrected chi connectivity index (χ2v) is 4.21. The molecule has 1 aromatic rings. The van der Waals surface area contributed by atoms with Gasteiger partial charge in [0.1, 0.15) is 0 Å². The topological polar surface area (TPSA) is 21.3 Å². The minimum Gasteiger partial charge on any atom is -0.493 e. The van der Waals surface area contributed by atoms with Gasteiger partial charge in [0.15, 0.2) is 11.6 Å². The Morgan fingerprint density at radius 2 is 2.19 bits per heavy atom. The van der Waals surface area contributed by atoms with Gasteiger partial charge in [-0.1, -0.05) is 11.6 Å². The molecule has 0 aromatic heterocycles. The monoisotopic (exact) mass is 247 g/mol. The van der Waals surface area contributed by atoms with Crippen LogP contribution in [-0.4, -0.2) is 20.2 Å². The lowest BCUT2D eigenvalue weighted by atomic mass is 9.97. The maximum Gasteiger partial charge on any atom is 0.202 e. The minimum atomic E-state index is -1.05. The minimum absolute atomic E-state index is 0.0319. The molecule has 2 nitrogen and oxygen atoms in total. The van der Waals surface area contributed by atoms with E-state index in [0.717, 1.165) is 19.5 Å². The van der Waals surface area contributed by atoms with E-state index in [-0.39, 0.29) is 16.7 Å². The van der Waals surface area contributed by atoms with Crippen LogP contribution in [0.25, 0.3) is 0 Å². The predicted molar refractivity (Wildman–Crippen MR) is 58.1 cm³/mol. The molecule has 0 amide bonds. The van der Waals surface area contributed by atoms with Crippen LogP contribution < -0.4 is 10.1 Å². The zero-order valence-corrected chi connectivity index (χ0v) is 9.57. The summed E-state index contributed by atoms with van der Waals surface area (Å²) in [5.74, 6) is -1.96. The summed E-state index contributed by atoms with van der Waals surface area (Å²) in [5, 5.41) is 2.97. The van der Waals surface area contributed by atoms with E-state index in [1.165, 1.54) is 13.2 Å². The summed E-state index contributed by atoms with van der Waals surface area (Å²) in [6.45, 7) is 1.60. The molecule has 16 heavy (non-hydrogen) atoms. The van der Waals surface area contributed by atoms with Crippen LogP contribution in [0.1, 0.15) is 17.9 Å². The number of halogens is 3. The van der Waals surface area contributed by atoms with Crippen molar-refractivity contribution in [1.29, 1.82) is 0 Å². The number of ether oxygens (including phenoxy) is 1. The highest BCUT2D eigenvalue weighted by atomic mass is 35.5. The Bertz CT molecular complexity index is 405. The molecule has 1 saturated heterocycles. The summed E-state index contributed by atoms with van der Waals surface area (Å²) in [5.41, 5.74) is 0.636. The van der Waals surface area contributed by atoms with Crippen molar-refractivity contribution < 1.29 is 13.5 Å². The lowest BCUT2D eigenvalue weighted by Gasteiger charge is -2.15. The summed E-state index contributed by atoms with van der Waals surface area (Å²) < 4.78 is 31.7. The van der Waals surface area contributed by atoms with E-state index >= 15 is 0 Å². The first-order valence-electron chi connectivity index (χ1n) is 5.07. The van der Waals surface area contributed by atoms with Gasteiger partial charge in [0.2, 0.25) is 5.82 Å². The van der Waals surface area contributed by atoms with Crippen LogP contribution in [0, 0.1) is 11.6 Å². The van der Waals surface area contributed by atoms with Crippen LogP contribution in [0.2, 0.25) is 5.02 Å². The zero-order chi connectivity index (χ0) is 11.7. The number of benzene rings is 1. The van der Waals surface area contributed by atoms with Crippen molar-refractivity contribution in [2.75, 3.05) is 20.2 Å². The van der Waals surface area contributed by atoms with Crippen molar-refractivity contribution in [3.63, 3.8) is 0 Å². The number of rotatable bonds is 2. The molecule has 88 valence electrons.